The van der Waals surface area contributed by atoms with Crippen LogP contribution >= 0.6 is 0 Å². The van der Waals surface area contributed by atoms with Gasteiger partial charge in [-0.25, -0.2) is 4.98 Å². The zero-order chi connectivity index (χ0) is 19.2. The lowest BCUT2D eigenvalue weighted by molar-refractivity contribution is 0.0691. The Morgan fingerprint density at radius 2 is 1.78 bits per heavy atom. The molecule has 0 spiro atoms. The Kier molecular flexibility index (Phi) is 5.85. The van der Waals surface area contributed by atoms with Gasteiger partial charge in [-0.05, 0) is 25.0 Å². The van der Waals surface area contributed by atoms with Crippen molar-refractivity contribution < 1.29 is 19.1 Å². The summed E-state index contributed by atoms with van der Waals surface area (Å²) in [5.41, 5.74) is 0.708. The fraction of sp³-hybridized carbons (Fsp3) is 0.368. The van der Waals surface area contributed by atoms with Gasteiger partial charge in [0.1, 0.15) is 22.8 Å². The number of hydrogen-bond donors (Lipinski definition) is 1. The number of benzene rings is 1. The van der Waals surface area contributed by atoms with Gasteiger partial charge in [0, 0.05) is 31.5 Å². The van der Waals surface area contributed by atoms with Crippen LogP contribution in [0.3, 0.4) is 0 Å². The highest BCUT2D eigenvalue weighted by Gasteiger charge is 2.28. The van der Waals surface area contributed by atoms with Gasteiger partial charge in [0.25, 0.3) is 11.8 Å². The Bertz CT molecular complexity index is 782. The standard InChI is InChI=1S/C19H22N4O4/c1-26-15-4-3-5-16(27-2)17(15)19(25)23-10-6-13(7-11-23)22-18(24)14-12-20-8-9-21-14/h3-5,8-9,12-13H,6-7,10-11H2,1-2H3,(H,22,24). The third-order valence-electron chi connectivity index (χ3n) is 4.55. The molecule has 1 aromatic carbocycles. The molecule has 0 saturated carbocycles. The van der Waals surface area contributed by atoms with E-state index < -0.39 is 0 Å². The van der Waals surface area contributed by atoms with Gasteiger partial charge < -0.3 is 19.7 Å². The largest absolute Gasteiger partial charge is 0.496 e. The Hall–Kier alpha value is -3.16. The van der Waals surface area contributed by atoms with E-state index in [1.807, 2.05) is 0 Å². The van der Waals surface area contributed by atoms with Crippen molar-refractivity contribution in [2.45, 2.75) is 18.9 Å². The van der Waals surface area contributed by atoms with Crippen molar-refractivity contribution in [2.75, 3.05) is 27.3 Å². The van der Waals surface area contributed by atoms with E-state index in [4.69, 9.17) is 9.47 Å². The molecule has 1 aliphatic heterocycles. The van der Waals surface area contributed by atoms with Crippen molar-refractivity contribution in [1.29, 1.82) is 0 Å². The molecule has 2 amide bonds. The van der Waals surface area contributed by atoms with Crippen molar-refractivity contribution in [3.63, 3.8) is 0 Å². The summed E-state index contributed by atoms with van der Waals surface area (Å²) >= 11 is 0. The van der Waals surface area contributed by atoms with E-state index in [1.165, 1.54) is 32.8 Å². The first-order chi connectivity index (χ1) is 13.1. The van der Waals surface area contributed by atoms with Crippen LogP contribution in [0.5, 0.6) is 11.5 Å². The number of piperidine rings is 1. The molecule has 27 heavy (non-hydrogen) atoms. The second-order valence-electron chi connectivity index (χ2n) is 6.17. The van der Waals surface area contributed by atoms with Crippen molar-refractivity contribution in [1.82, 2.24) is 20.2 Å². The van der Waals surface area contributed by atoms with E-state index in [2.05, 4.69) is 15.3 Å². The maximum atomic E-state index is 13.0. The molecule has 1 saturated heterocycles. The molecule has 8 nitrogen and oxygen atoms in total. The van der Waals surface area contributed by atoms with Crippen LogP contribution in [0.1, 0.15) is 33.7 Å². The molecule has 1 fully saturated rings. The zero-order valence-electron chi connectivity index (χ0n) is 15.3. The lowest BCUT2D eigenvalue weighted by atomic mass is 10.0. The van der Waals surface area contributed by atoms with Crippen LogP contribution in [-0.2, 0) is 0 Å². The van der Waals surface area contributed by atoms with E-state index in [0.717, 1.165) is 0 Å². The summed E-state index contributed by atoms with van der Waals surface area (Å²) in [6.45, 7) is 1.07. The van der Waals surface area contributed by atoms with Gasteiger partial charge in [0.2, 0.25) is 0 Å². The minimum Gasteiger partial charge on any atom is -0.496 e. The topological polar surface area (TPSA) is 93.7 Å². The first kappa shape index (κ1) is 18.6. The second kappa shape index (κ2) is 8.48. The van der Waals surface area contributed by atoms with Gasteiger partial charge in [-0.3, -0.25) is 14.6 Å². The Morgan fingerprint density at radius 3 is 2.33 bits per heavy atom. The van der Waals surface area contributed by atoms with E-state index in [-0.39, 0.29) is 23.6 Å². The number of amides is 2. The summed E-state index contributed by atoms with van der Waals surface area (Å²) in [7, 11) is 3.06. The Balaban J connectivity index is 1.63. The van der Waals surface area contributed by atoms with E-state index in [0.29, 0.717) is 43.0 Å². The highest BCUT2D eigenvalue weighted by atomic mass is 16.5. The molecule has 142 valence electrons. The predicted molar refractivity (Wildman–Crippen MR) is 98.0 cm³/mol. The monoisotopic (exact) mass is 370 g/mol. The van der Waals surface area contributed by atoms with E-state index >= 15 is 0 Å². The van der Waals surface area contributed by atoms with Gasteiger partial charge in [-0.2, -0.15) is 0 Å². The molecular weight excluding hydrogens is 348 g/mol. The number of likely N-dealkylation sites (tertiary alicyclic amines) is 1. The molecule has 0 radical (unpaired) electrons. The number of aromatic nitrogens is 2. The lowest BCUT2D eigenvalue weighted by Gasteiger charge is -2.32. The fourth-order valence-corrected chi connectivity index (χ4v) is 3.12. The van der Waals surface area contributed by atoms with Crippen molar-refractivity contribution in [2.24, 2.45) is 0 Å². The van der Waals surface area contributed by atoms with Crippen LogP contribution in [0.25, 0.3) is 0 Å². The molecule has 1 aliphatic rings. The highest BCUT2D eigenvalue weighted by molar-refractivity contribution is 5.99. The van der Waals surface area contributed by atoms with Gasteiger partial charge >= 0.3 is 0 Å². The quantitative estimate of drug-likeness (QED) is 0.858. The number of ether oxygens (including phenoxy) is 2. The van der Waals surface area contributed by atoms with Gasteiger partial charge in [0.15, 0.2) is 0 Å². The predicted octanol–water partition coefficient (Wildman–Crippen LogP) is 1.53. The normalized spacial score (nSPS) is 14.5. The van der Waals surface area contributed by atoms with Crippen molar-refractivity contribution in [3.8, 4) is 11.5 Å². The maximum absolute atomic E-state index is 13.0. The molecule has 2 heterocycles. The second-order valence-corrected chi connectivity index (χ2v) is 6.17. The summed E-state index contributed by atoms with van der Waals surface area (Å²) in [5, 5.41) is 2.95. The maximum Gasteiger partial charge on any atom is 0.271 e. The molecular formula is C19H22N4O4. The number of hydrogen-bond acceptors (Lipinski definition) is 6. The number of carbonyl (C=O) groups is 2. The van der Waals surface area contributed by atoms with Crippen molar-refractivity contribution in [3.05, 3.63) is 48.0 Å². The molecule has 0 unspecified atom stereocenters. The van der Waals surface area contributed by atoms with Crippen LogP contribution in [0.15, 0.2) is 36.8 Å². The summed E-state index contributed by atoms with van der Waals surface area (Å²) < 4.78 is 10.7. The van der Waals surface area contributed by atoms with Crippen LogP contribution in [0.4, 0.5) is 0 Å². The fourth-order valence-electron chi connectivity index (χ4n) is 3.12. The van der Waals surface area contributed by atoms with Gasteiger partial charge in [-0.1, -0.05) is 6.07 Å². The molecule has 3 rings (SSSR count). The van der Waals surface area contributed by atoms with Crippen LogP contribution in [0.2, 0.25) is 0 Å². The SMILES string of the molecule is COc1cccc(OC)c1C(=O)N1CCC(NC(=O)c2cnccn2)CC1. The molecule has 0 atom stereocenters. The number of rotatable bonds is 5. The minimum atomic E-state index is -0.251. The smallest absolute Gasteiger partial charge is 0.271 e. The zero-order valence-corrected chi connectivity index (χ0v) is 15.3. The molecule has 2 aromatic rings. The third kappa shape index (κ3) is 4.16. The first-order valence-corrected chi connectivity index (χ1v) is 8.71. The number of methoxy groups -OCH3 is 2. The van der Waals surface area contributed by atoms with Crippen molar-refractivity contribution >= 4 is 11.8 Å². The summed E-state index contributed by atoms with van der Waals surface area (Å²) in [5.74, 6) is 0.581. The average Bonchev–Trinajstić information content (AvgIpc) is 2.73. The molecule has 0 bridgehead atoms. The Labute approximate surface area is 157 Å². The summed E-state index contributed by atoms with van der Waals surface area (Å²) in [6.07, 6.45) is 5.76. The van der Waals surface area contributed by atoms with Crippen LogP contribution < -0.4 is 14.8 Å². The summed E-state index contributed by atoms with van der Waals surface area (Å²) in [6, 6.07) is 5.25. The number of nitrogens with one attached hydrogen (secondary N) is 1. The number of nitrogens with zero attached hydrogens (tertiary/aromatic N) is 3. The van der Waals surface area contributed by atoms with Gasteiger partial charge in [-0.15, -0.1) is 0 Å². The first-order valence-electron chi connectivity index (χ1n) is 8.71. The van der Waals surface area contributed by atoms with Gasteiger partial charge in [0.05, 0.1) is 20.4 Å². The third-order valence-corrected chi connectivity index (χ3v) is 4.55. The van der Waals surface area contributed by atoms with Crippen LogP contribution in [-0.4, -0.2) is 60.0 Å². The molecule has 8 heteroatoms. The molecule has 1 N–H and O–H groups in total. The average molecular weight is 370 g/mol. The number of carbonyl (C=O) groups excluding carboxylic acids is 2. The van der Waals surface area contributed by atoms with E-state index in [1.54, 1.807) is 23.1 Å². The molecule has 0 aliphatic carbocycles. The minimum absolute atomic E-state index is 0.0110. The van der Waals surface area contributed by atoms with E-state index in [9.17, 15) is 9.59 Å². The Morgan fingerprint density at radius 1 is 1.11 bits per heavy atom. The summed E-state index contributed by atoms with van der Waals surface area (Å²) in [4.78, 5) is 34.8. The highest BCUT2D eigenvalue weighted by Crippen LogP contribution is 2.30. The van der Waals surface area contributed by atoms with Crippen LogP contribution in [0, 0.1) is 0 Å². The lowest BCUT2D eigenvalue weighted by Crippen LogP contribution is -2.46. The molecule has 1 aromatic heterocycles.